The number of nitrogens with zero attached hydrogens (tertiary/aromatic N) is 3. The second kappa shape index (κ2) is 8.70. The molecule has 31 heavy (non-hydrogen) atoms. The molecule has 2 aromatic carbocycles. The summed E-state index contributed by atoms with van der Waals surface area (Å²) >= 11 is 1.62. The Balaban J connectivity index is 1.58. The lowest BCUT2D eigenvalue weighted by molar-refractivity contribution is 0.0395. The van der Waals surface area contributed by atoms with Crippen LogP contribution >= 0.6 is 11.3 Å². The Labute approximate surface area is 184 Å². The Morgan fingerprint density at radius 3 is 2.71 bits per heavy atom. The Morgan fingerprint density at radius 1 is 1.13 bits per heavy atom. The molecule has 1 atom stereocenters. The molecule has 0 aliphatic carbocycles. The largest absolute Gasteiger partial charge is 0.377 e. The fraction of sp³-hybridized carbons (Fsp3) is 0.250. The highest BCUT2D eigenvalue weighted by atomic mass is 32.1. The predicted octanol–water partition coefficient (Wildman–Crippen LogP) is 5.22. The summed E-state index contributed by atoms with van der Waals surface area (Å²) < 4.78 is 24.7. The van der Waals surface area contributed by atoms with Gasteiger partial charge in [0.25, 0.3) is 0 Å². The molecule has 0 bridgehead atoms. The van der Waals surface area contributed by atoms with Crippen LogP contribution in [0.25, 0.3) is 21.3 Å². The normalized spacial score (nSPS) is 16.7. The van der Waals surface area contributed by atoms with Crippen molar-refractivity contribution in [3.05, 3.63) is 77.2 Å². The summed E-state index contributed by atoms with van der Waals surface area (Å²) in [6.45, 7) is 2.28. The lowest BCUT2D eigenvalue weighted by Gasteiger charge is -2.34. The molecule has 4 aromatic rings. The number of fused-ring (bicyclic) bond motifs is 1. The first-order chi connectivity index (χ1) is 15.2. The highest BCUT2D eigenvalue weighted by Gasteiger charge is 2.26. The van der Waals surface area contributed by atoms with Gasteiger partial charge >= 0.3 is 0 Å². The van der Waals surface area contributed by atoms with Crippen molar-refractivity contribution in [3.63, 3.8) is 0 Å². The zero-order valence-electron chi connectivity index (χ0n) is 17.1. The van der Waals surface area contributed by atoms with Crippen molar-refractivity contribution in [2.24, 2.45) is 0 Å². The Hall–Kier alpha value is -2.87. The fourth-order valence-electron chi connectivity index (χ4n) is 3.94. The lowest BCUT2D eigenvalue weighted by Crippen LogP contribution is -2.39. The van der Waals surface area contributed by atoms with E-state index in [9.17, 15) is 4.39 Å². The van der Waals surface area contributed by atoms with Gasteiger partial charge in [-0.2, -0.15) is 0 Å². The van der Waals surface area contributed by atoms with Crippen LogP contribution in [0, 0.1) is 5.82 Å². The van der Waals surface area contributed by atoms with Crippen molar-refractivity contribution in [2.75, 3.05) is 31.7 Å². The highest BCUT2D eigenvalue weighted by Crippen LogP contribution is 2.39. The number of ether oxygens (including phenoxy) is 2. The fourth-order valence-corrected chi connectivity index (χ4v) is 4.90. The molecule has 0 amide bonds. The number of aromatic nitrogens is 2. The van der Waals surface area contributed by atoms with E-state index in [1.54, 1.807) is 30.6 Å². The van der Waals surface area contributed by atoms with Gasteiger partial charge in [0, 0.05) is 31.1 Å². The molecule has 0 unspecified atom stereocenters. The molecule has 1 aliphatic heterocycles. The van der Waals surface area contributed by atoms with Crippen molar-refractivity contribution in [2.45, 2.75) is 12.7 Å². The summed E-state index contributed by atoms with van der Waals surface area (Å²) in [5.74, 6) is 1.31. The van der Waals surface area contributed by atoms with Gasteiger partial charge in [0.1, 0.15) is 29.2 Å². The molecule has 0 radical (unpaired) electrons. The molecule has 0 saturated carbocycles. The second-order valence-electron chi connectivity index (χ2n) is 7.45. The van der Waals surface area contributed by atoms with Crippen molar-refractivity contribution in [1.29, 1.82) is 0 Å². The Kier molecular flexibility index (Phi) is 5.63. The van der Waals surface area contributed by atoms with Crippen molar-refractivity contribution in [1.82, 2.24) is 9.97 Å². The van der Waals surface area contributed by atoms with Crippen LogP contribution in [-0.2, 0) is 16.1 Å². The summed E-state index contributed by atoms with van der Waals surface area (Å²) in [7, 11) is 1.65. The number of anilines is 1. The van der Waals surface area contributed by atoms with E-state index < -0.39 is 0 Å². The summed E-state index contributed by atoms with van der Waals surface area (Å²) in [4.78, 5) is 12.8. The van der Waals surface area contributed by atoms with Crippen molar-refractivity contribution in [3.8, 4) is 11.1 Å². The average Bonchev–Trinajstić information content (AvgIpc) is 3.24. The van der Waals surface area contributed by atoms with Gasteiger partial charge in [-0.15, -0.1) is 11.3 Å². The van der Waals surface area contributed by atoms with E-state index in [4.69, 9.17) is 19.4 Å². The minimum atomic E-state index is -0.246. The van der Waals surface area contributed by atoms with Crippen molar-refractivity contribution < 1.29 is 13.9 Å². The summed E-state index contributed by atoms with van der Waals surface area (Å²) in [5.41, 5.74) is 3.23. The van der Waals surface area contributed by atoms with E-state index in [1.807, 2.05) is 18.2 Å². The topological polar surface area (TPSA) is 47.5 Å². The standard InChI is InChI=1S/C24H22FN3O2S/c1-29-14-21-26-23(22-19(15-31-24(22)27-21)16-5-3-2-4-6-16)28-11-12-30-20(13-28)17-7-9-18(25)10-8-17/h2-10,15,20H,11-14H2,1H3/t20-/m0/s1. The molecule has 3 heterocycles. The van der Waals surface area contributed by atoms with Gasteiger partial charge in [-0.3, -0.25) is 0 Å². The lowest BCUT2D eigenvalue weighted by atomic mass is 10.0. The minimum absolute atomic E-state index is 0.149. The Morgan fingerprint density at radius 2 is 1.94 bits per heavy atom. The third kappa shape index (κ3) is 4.04. The second-order valence-corrected chi connectivity index (χ2v) is 8.31. The number of hydrogen-bond acceptors (Lipinski definition) is 6. The number of halogens is 1. The maximum Gasteiger partial charge on any atom is 0.158 e. The summed E-state index contributed by atoms with van der Waals surface area (Å²) in [6, 6.07) is 16.8. The SMILES string of the molecule is COCc1nc(N2CCO[C@H](c3ccc(F)cc3)C2)c2c(-c3ccccc3)csc2n1. The van der Waals surface area contributed by atoms with Gasteiger partial charge in [0.2, 0.25) is 0 Å². The van der Waals surface area contributed by atoms with Crippen LogP contribution in [-0.4, -0.2) is 36.8 Å². The van der Waals surface area contributed by atoms with Crippen LogP contribution in [0.3, 0.4) is 0 Å². The smallest absolute Gasteiger partial charge is 0.158 e. The van der Waals surface area contributed by atoms with E-state index in [-0.39, 0.29) is 11.9 Å². The van der Waals surface area contributed by atoms with Gasteiger partial charge < -0.3 is 14.4 Å². The first-order valence-corrected chi connectivity index (χ1v) is 11.1. The van der Waals surface area contributed by atoms with Gasteiger partial charge in [-0.1, -0.05) is 42.5 Å². The molecule has 158 valence electrons. The zero-order chi connectivity index (χ0) is 21.2. The monoisotopic (exact) mass is 435 g/mol. The maximum absolute atomic E-state index is 13.4. The third-order valence-electron chi connectivity index (χ3n) is 5.43. The quantitative estimate of drug-likeness (QED) is 0.430. The van der Waals surface area contributed by atoms with E-state index >= 15 is 0 Å². The van der Waals surface area contributed by atoms with E-state index in [1.165, 1.54) is 12.1 Å². The van der Waals surface area contributed by atoms with Crippen molar-refractivity contribution >= 4 is 27.4 Å². The molecule has 5 nitrogen and oxygen atoms in total. The van der Waals surface area contributed by atoms with Crippen LogP contribution < -0.4 is 4.90 Å². The van der Waals surface area contributed by atoms with Gasteiger partial charge in [-0.25, -0.2) is 14.4 Å². The van der Waals surface area contributed by atoms with Crippen LogP contribution in [0.15, 0.2) is 60.0 Å². The molecule has 1 saturated heterocycles. The number of thiophene rings is 1. The molecule has 2 aromatic heterocycles. The molecular formula is C24H22FN3O2S. The van der Waals surface area contributed by atoms with E-state index in [2.05, 4.69) is 22.4 Å². The zero-order valence-corrected chi connectivity index (χ0v) is 17.9. The molecule has 0 spiro atoms. The number of benzene rings is 2. The van der Waals surface area contributed by atoms with E-state index in [0.717, 1.165) is 39.3 Å². The van der Waals surface area contributed by atoms with Crippen LogP contribution in [0.2, 0.25) is 0 Å². The number of morpholine rings is 1. The molecule has 0 N–H and O–H groups in total. The van der Waals surface area contributed by atoms with Gasteiger partial charge in [-0.05, 0) is 23.3 Å². The number of hydrogen-bond donors (Lipinski definition) is 0. The predicted molar refractivity (Wildman–Crippen MR) is 121 cm³/mol. The molecule has 1 fully saturated rings. The highest BCUT2D eigenvalue weighted by molar-refractivity contribution is 7.17. The first-order valence-electron chi connectivity index (χ1n) is 10.2. The number of rotatable bonds is 5. The Bertz CT molecular complexity index is 1180. The number of methoxy groups -OCH3 is 1. The minimum Gasteiger partial charge on any atom is -0.377 e. The van der Waals surface area contributed by atoms with Gasteiger partial charge in [0.15, 0.2) is 5.82 Å². The molecule has 5 rings (SSSR count). The van der Waals surface area contributed by atoms with Crippen LogP contribution in [0.4, 0.5) is 10.2 Å². The molecular weight excluding hydrogens is 413 g/mol. The van der Waals surface area contributed by atoms with Gasteiger partial charge in [0.05, 0.1) is 12.0 Å². The molecule has 1 aliphatic rings. The van der Waals surface area contributed by atoms with Crippen LogP contribution in [0.1, 0.15) is 17.5 Å². The summed E-state index contributed by atoms with van der Waals surface area (Å²) in [6.07, 6.45) is -0.149. The third-order valence-corrected chi connectivity index (χ3v) is 6.30. The van der Waals surface area contributed by atoms with E-state index in [0.29, 0.717) is 25.6 Å². The first kappa shape index (κ1) is 20.1. The van der Waals surface area contributed by atoms with Crippen LogP contribution in [0.5, 0.6) is 0 Å². The maximum atomic E-state index is 13.4. The average molecular weight is 436 g/mol. The molecule has 7 heteroatoms. The summed E-state index contributed by atoms with van der Waals surface area (Å²) in [5, 5.41) is 3.20.